The maximum Gasteiger partial charge on any atom is 0.269 e. The highest BCUT2D eigenvalue weighted by molar-refractivity contribution is 7.80. The molecule has 122 valence electrons. The lowest BCUT2D eigenvalue weighted by Gasteiger charge is -2.16. The fourth-order valence-corrected chi connectivity index (χ4v) is 2.52. The van der Waals surface area contributed by atoms with Crippen molar-refractivity contribution in [1.82, 2.24) is 16.2 Å². The first kappa shape index (κ1) is 18.8. The smallest absolute Gasteiger partial charge is 0.269 e. The third kappa shape index (κ3) is 5.49. The van der Waals surface area contributed by atoms with Gasteiger partial charge in [-0.05, 0) is 31.3 Å². The summed E-state index contributed by atoms with van der Waals surface area (Å²) in [7, 11) is 3.03. The molecule has 0 fully saturated rings. The molecule has 6 nitrogen and oxygen atoms in total. The van der Waals surface area contributed by atoms with Gasteiger partial charge in [-0.1, -0.05) is 23.2 Å². The number of rotatable bonds is 5. The standard InChI is InChI=1S/C13H17Cl2N3O3S/c1-7(6-20-2)16-13(22)18-17-12(19)8-4-9(14)11(21-3)10(15)5-8/h4-5,7H,6H2,1-3H3,(H,17,19)(H2,16,18,22)/t7-/m1/s1. The van der Waals surface area contributed by atoms with Crippen molar-refractivity contribution in [2.75, 3.05) is 20.8 Å². The van der Waals surface area contributed by atoms with Crippen molar-refractivity contribution in [1.29, 1.82) is 0 Å². The van der Waals surface area contributed by atoms with Crippen LogP contribution in [0.2, 0.25) is 10.0 Å². The molecule has 1 aromatic carbocycles. The van der Waals surface area contributed by atoms with E-state index in [-0.39, 0.29) is 26.8 Å². The number of thiocarbonyl (C=S) groups is 1. The summed E-state index contributed by atoms with van der Waals surface area (Å²) in [5.74, 6) is -0.117. The van der Waals surface area contributed by atoms with E-state index < -0.39 is 5.91 Å². The quantitative estimate of drug-likeness (QED) is 0.548. The van der Waals surface area contributed by atoms with Gasteiger partial charge in [-0.2, -0.15) is 0 Å². The lowest BCUT2D eigenvalue weighted by Crippen LogP contribution is -2.49. The minimum atomic E-state index is -0.435. The molecule has 3 N–H and O–H groups in total. The number of benzene rings is 1. The van der Waals surface area contributed by atoms with Crippen LogP contribution in [0.5, 0.6) is 5.75 Å². The summed E-state index contributed by atoms with van der Waals surface area (Å²) in [6, 6.07) is 2.91. The summed E-state index contributed by atoms with van der Waals surface area (Å²) in [5, 5.41) is 3.69. The van der Waals surface area contributed by atoms with Gasteiger partial charge in [-0.3, -0.25) is 15.6 Å². The molecule has 1 rings (SSSR count). The van der Waals surface area contributed by atoms with Crippen LogP contribution in [0.4, 0.5) is 0 Å². The topological polar surface area (TPSA) is 71.6 Å². The van der Waals surface area contributed by atoms with Gasteiger partial charge in [0.2, 0.25) is 0 Å². The number of halogens is 2. The number of ether oxygens (including phenoxy) is 2. The number of hydrogen-bond donors (Lipinski definition) is 3. The minimum absolute atomic E-state index is 0.00628. The van der Waals surface area contributed by atoms with Gasteiger partial charge in [-0.25, -0.2) is 0 Å². The van der Waals surface area contributed by atoms with Crippen LogP contribution in [-0.2, 0) is 4.74 Å². The summed E-state index contributed by atoms with van der Waals surface area (Å²) < 4.78 is 9.99. The number of carbonyl (C=O) groups is 1. The molecule has 9 heteroatoms. The van der Waals surface area contributed by atoms with E-state index in [1.165, 1.54) is 19.2 Å². The van der Waals surface area contributed by atoms with E-state index in [0.29, 0.717) is 12.4 Å². The first-order valence-corrected chi connectivity index (χ1v) is 7.44. The van der Waals surface area contributed by atoms with Gasteiger partial charge in [0.25, 0.3) is 5.91 Å². The molecule has 0 saturated carbocycles. The zero-order chi connectivity index (χ0) is 16.7. The van der Waals surface area contributed by atoms with E-state index in [0.717, 1.165) is 0 Å². The fourth-order valence-electron chi connectivity index (χ4n) is 1.62. The highest BCUT2D eigenvalue weighted by Crippen LogP contribution is 2.33. The van der Waals surface area contributed by atoms with Gasteiger partial charge in [0.05, 0.1) is 23.8 Å². The van der Waals surface area contributed by atoms with Crippen molar-refractivity contribution in [3.8, 4) is 5.75 Å². The molecule has 1 aromatic rings. The third-order valence-corrected chi connectivity index (χ3v) is 3.33. The molecule has 1 atom stereocenters. The molecule has 0 radical (unpaired) electrons. The molecule has 0 saturated heterocycles. The van der Waals surface area contributed by atoms with Crippen molar-refractivity contribution in [3.63, 3.8) is 0 Å². The van der Waals surface area contributed by atoms with Gasteiger partial charge in [0.15, 0.2) is 10.9 Å². The van der Waals surface area contributed by atoms with Crippen LogP contribution in [0.15, 0.2) is 12.1 Å². The highest BCUT2D eigenvalue weighted by Gasteiger charge is 2.13. The normalized spacial score (nSPS) is 11.5. The molecule has 1 amide bonds. The number of hydrogen-bond acceptors (Lipinski definition) is 4. The number of nitrogens with one attached hydrogen (secondary N) is 3. The molecule has 0 aliphatic rings. The predicted molar refractivity (Wildman–Crippen MR) is 90.7 cm³/mol. The Bertz CT molecular complexity index is 534. The first-order chi connectivity index (χ1) is 10.4. The number of amides is 1. The number of hydrazine groups is 1. The lowest BCUT2D eigenvalue weighted by atomic mass is 10.2. The van der Waals surface area contributed by atoms with Crippen molar-refractivity contribution < 1.29 is 14.3 Å². The van der Waals surface area contributed by atoms with E-state index in [1.54, 1.807) is 7.11 Å². The Balaban J connectivity index is 2.61. The number of carbonyl (C=O) groups excluding carboxylic acids is 1. The van der Waals surface area contributed by atoms with Crippen LogP contribution in [-0.4, -0.2) is 37.9 Å². The first-order valence-electron chi connectivity index (χ1n) is 6.27. The van der Waals surface area contributed by atoms with Crippen LogP contribution < -0.4 is 20.9 Å². The average Bonchev–Trinajstić information content (AvgIpc) is 2.44. The van der Waals surface area contributed by atoms with Gasteiger partial charge < -0.3 is 14.8 Å². The third-order valence-electron chi connectivity index (χ3n) is 2.55. The SMILES string of the molecule is COC[C@@H](C)NC(=S)NNC(=O)c1cc(Cl)c(OC)c(Cl)c1. The Hall–Kier alpha value is -1.28. The van der Waals surface area contributed by atoms with Crippen LogP contribution in [0.25, 0.3) is 0 Å². The largest absolute Gasteiger partial charge is 0.494 e. The molecule has 0 aliphatic carbocycles. The lowest BCUT2D eigenvalue weighted by molar-refractivity contribution is 0.0943. The Kier molecular flexibility index (Phi) is 7.67. The summed E-state index contributed by atoms with van der Waals surface area (Å²) >= 11 is 17.0. The predicted octanol–water partition coefficient (Wildman–Crippen LogP) is 2.15. The molecule has 0 heterocycles. The summed E-state index contributed by atoms with van der Waals surface area (Å²) in [6.07, 6.45) is 0. The van der Waals surface area contributed by atoms with Crippen LogP contribution >= 0.6 is 35.4 Å². The van der Waals surface area contributed by atoms with Gasteiger partial charge in [0.1, 0.15) is 0 Å². The molecule has 0 aliphatic heterocycles. The van der Waals surface area contributed by atoms with E-state index >= 15 is 0 Å². The second-order valence-corrected chi connectivity index (χ2v) is 5.60. The zero-order valence-electron chi connectivity index (χ0n) is 12.3. The molecular weight excluding hydrogens is 349 g/mol. The summed E-state index contributed by atoms with van der Waals surface area (Å²) in [5.41, 5.74) is 5.31. The minimum Gasteiger partial charge on any atom is -0.494 e. The number of methoxy groups -OCH3 is 2. The van der Waals surface area contributed by atoms with Gasteiger partial charge in [-0.15, -0.1) is 0 Å². The average molecular weight is 366 g/mol. The fraction of sp³-hybridized carbons (Fsp3) is 0.385. The van der Waals surface area contributed by atoms with Crippen molar-refractivity contribution in [2.24, 2.45) is 0 Å². The maximum atomic E-state index is 12.0. The van der Waals surface area contributed by atoms with Crippen LogP contribution in [0.1, 0.15) is 17.3 Å². The van der Waals surface area contributed by atoms with E-state index in [4.69, 9.17) is 44.9 Å². The second kappa shape index (κ2) is 8.99. The summed E-state index contributed by atoms with van der Waals surface area (Å²) in [6.45, 7) is 2.38. The molecule has 0 spiro atoms. The Morgan fingerprint density at radius 1 is 1.27 bits per heavy atom. The molecule has 22 heavy (non-hydrogen) atoms. The van der Waals surface area contributed by atoms with Crippen LogP contribution in [0, 0.1) is 0 Å². The monoisotopic (exact) mass is 365 g/mol. The maximum absolute atomic E-state index is 12.0. The Morgan fingerprint density at radius 3 is 2.36 bits per heavy atom. The van der Waals surface area contributed by atoms with Crippen molar-refractivity contribution in [2.45, 2.75) is 13.0 Å². The Labute approximate surface area is 144 Å². The highest BCUT2D eigenvalue weighted by atomic mass is 35.5. The van der Waals surface area contributed by atoms with Gasteiger partial charge >= 0.3 is 0 Å². The van der Waals surface area contributed by atoms with Crippen molar-refractivity contribution in [3.05, 3.63) is 27.7 Å². The molecule has 0 unspecified atom stereocenters. The second-order valence-electron chi connectivity index (χ2n) is 4.38. The Morgan fingerprint density at radius 2 is 1.86 bits per heavy atom. The van der Waals surface area contributed by atoms with E-state index in [2.05, 4.69) is 16.2 Å². The molecule has 0 bridgehead atoms. The molecule has 0 aromatic heterocycles. The molecular formula is C13H17Cl2N3O3S. The van der Waals surface area contributed by atoms with E-state index in [1.807, 2.05) is 6.92 Å². The van der Waals surface area contributed by atoms with Crippen LogP contribution in [0.3, 0.4) is 0 Å². The van der Waals surface area contributed by atoms with Gasteiger partial charge in [0, 0.05) is 18.7 Å². The zero-order valence-corrected chi connectivity index (χ0v) is 14.7. The van der Waals surface area contributed by atoms with E-state index in [9.17, 15) is 4.79 Å². The van der Waals surface area contributed by atoms with Crippen molar-refractivity contribution >= 4 is 46.4 Å². The summed E-state index contributed by atoms with van der Waals surface area (Å²) in [4.78, 5) is 12.0.